The number of anilines is 1. The number of fused-ring (bicyclic) bond motifs is 1. The molecule has 4 rings (SSSR count). The van der Waals surface area contributed by atoms with E-state index in [9.17, 15) is 15.0 Å². The van der Waals surface area contributed by atoms with Gasteiger partial charge < -0.3 is 20.8 Å². The van der Waals surface area contributed by atoms with Crippen molar-refractivity contribution in [2.75, 3.05) is 12.4 Å². The average Bonchev–Trinajstić information content (AvgIpc) is 3.28. The van der Waals surface area contributed by atoms with Crippen LogP contribution in [0.5, 0.6) is 0 Å². The third-order valence-electron chi connectivity index (χ3n) is 4.73. The number of amides is 1. The smallest absolute Gasteiger partial charge is 0.235 e. The number of carbonyl (C=O) groups is 1. The SMILES string of the molecule is CNC(=O)[C@H]1S[C@@H](n2cnc3c(NCc4cccc(I)c4)ncnc32)C(O)C1O. The molecule has 4 atom stereocenters. The van der Waals surface area contributed by atoms with Crippen molar-refractivity contribution >= 4 is 57.2 Å². The molecule has 0 radical (unpaired) electrons. The summed E-state index contributed by atoms with van der Waals surface area (Å²) >= 11 is 3.45. The molecular weight excluding hydrogens is 507 g/mol. The van der Waals surface area contributed by atoms with Crippen LogP contribution in [0.3, 0.4) is 0 Å². The Bertz CT molecular complexity index is 1050. The van der Waals surface area contributed by atoms with Crippen molar-refractivity contribution in [1.29, 1.82) is 0 Å². The molecule has 152 valence electrons. The zero-order chi connectivity index (χ0) is 20.5. The lowest BCUT2D eigenvalue weighted by Crippen LogP contribution is -2.39. The molecule has 4 N–H and O–H groups in total. The number of hydrogen-bond donors (Lipinski definition) is 4. The number of rotatable bonds is 5. The molecule has 9 nitrogen and oxygen atoms in total. The summed E-state index contributed by atoms with van der Waals surface area (Å²) in [7, 11) is 1.50. The fraction of sp³-hybridized carbons (Fsp3) is 0.333. The normalized spacial score (nSPS) is 24.0. The molecule has 1 fully saturated rings. The molecule has 11 heteroatoms. The van der Waals surface area contributed by atoms with Gasteiger partial charge in [0.05, 0.1) is 6.33 Å². The Kier molecular flexibility index (Phi) is 5.90. The van der Waals surface area contributed by atoms with Crippen LogP contribution in [0.4, 0.5) is 5.82 Å². The van der Waals surface area contributed by atoms with E-state index in [1.54, 1.807) is 10.9 Å². The van der Waals surface area contributed by atoms with Gasteiger partial charge in [0, 0.05) is 17.2 Å². The summed E-state index contributed by atoms with van der Waals surface area (Å²) in [5.74, 6) is 0.247. The van der Waals surface area contributed by atoms with E-state index in [4.69, 9.17) is 0 Å². The maximum Gasteiger partial charge on any atom is 0.235 e. The number of nitrogens with zero attached hydrogens (tertiary/aromatic N) is 4. The van der Waals surface area contributed by atoms with Crippen LogP contribution in [0.25, 0.3) is 11.2 Å². The van der Waals surface area contributed by atoms with Gasteiger partial charge in [-0.25, -0.2) is 15.0 Å². The van der Waals surface area contributed by atoms with E-state index >= 15 is 0 Å². The van der Waals surface area contributed by atoms with Crippen molar-refractivity contribution in [3.05, 3.63) is 46.1 Å². The second-order valence-corrected chi connectivity index (χ2v) is 9.08. The molecule has 3 aromatic rings. The first kappa shape index (κ1) is 20.3. The quantitative estimate of drug-likeness (QED) is 0.365. The first-order valence-electron chi connectivity index (χ1n) is 8.88. The van der Waals surface area contributed by atoms with E-state index in [2.05, 4.69) is 54.2 Å². The van der Waals surface area contributed by atoms with Crippen LogP contribution in [-0.2, 0) is 11.3 Å². The topological polar surface area (TPSA) is 125 Å². The lowest BCUT2D eigenvalue weighted by Gasteiger charge is -2.17. The monoisotopic (exact) mass is 526 g/mol. The van der Waals surface area contributed by atoms with Gasteiger partial charge in [0.1, 0.15) is 34.7 Å². The minimum Gasteiger partial charge on any atom is -0.389 e. The second kappa shape index (κ2) is 8.42. The summed E-state index contributed by atoms with van der Waals surface area (Å²) in [5, 5.41) is 25.2. The summed E-state index contributed by atoms with van der Waals surface area (Å²) in [6.45, 7) is 0.577. The molecule has 1 aromatic carbocycles. The average molecular weight is 526 g/mol. The van der Waals surface area contributed by atoms with E-state index in [0.717, 1.165) is 9.13 Å². The molecular formula is C18H19IN6O3S. The van der Waals surface area contributed by atoms with E-state index < -0.39 is 22.8 Å². The summed E-state index contributed by atoms with van der Waals surface area (Å²) < 4.78 is 2.82. The number of hydrogen-bond acceptors (Lipinski definition) is 8. The number of imidazole rings is 1. The van der Waals surface area contributed by atoms with Crippen LogP contribution < -0.4 is 10.6 Å². The highest BCUT2D eigenvalue weighted by Gasteiger charge is 2.47. The van der Waals surface area contributed by atoms with Gasteiger partial charge in [-0.15, -0.1) is 11.8 Å². The number of aromatic nitrogens is 4. The first-order valence-corrected chi connectivity index (χ1v) is 10.9. The van der Waals surface area contributed by atoms with Gasteiger partial charge >= 0.3 is 0 Å². The van der Waals surface area contributed by atoms with E-state index in [0.29, 0.717) is 23.5 Å². The molecule has 0 bridgehead atoms. The maximum absolute atomic E-state index is 12.0. The Morgan fingerprint density at radius 3 is 2.86 bits per heavy atom. The Morgan fingerprint density at radius 1 is 1.28 bits per heavy atom. The fourth-order valence-corrected chi connectivity index (χ4v) is 5.33. The van der Waals surface area contributed by atoms with Crippen molar-refractivity contribution in [3.63, 3.8) is 0 Å². The van der Waals surface area contributed by atoms with E-state index in [-0.39, 0.29) is 5.91 Å². The fourth-order valence-electron chi connectivity index (χ4n) is 3.25. The zero-order valence-corrected chi connectivity index (χ0v) is 18.3. The van der Waals surface area contributed by atoms with Crippen molar-refractivity contribution in [3.8, 4) is 0 Å². The van der Waals surface area contributed by atoms with Crippen molar-refractivity contribution in [2.45, 2.75) is 29.4 Å². The van der Waals surface area contributed by atoms with Gasteiger partial charge in [-0.3, -0.25) is 9.36 Å². The number of thioether (sulfide) groups is 1. The number of nitrogens with one attached hydrogen (secondary N) is 2. The van der Waals surface area contributed by atoms with Gasteiger partial charge in [-0.05, 0) is 40.3 Å². The predicted molar refractivity (Wildman–Crippen MR) is 118 cm³/mol. The summed E-state index contributed by atoms with van der Waals surface area (Å²) in [6, 6.07) is 8.13. The zero-order valence-electron chi connectivity index (χ0n) is 15.4. The molecule has 0 aliphatic carbocycles. The van der Waals surface area contributed by atoms with Crippen LogP contribution >= 0.6 is 34.4 Å². The number of aliphatic hydroxyl groups is 2. The Hall–Kier alpha value is -1.96. The minimum atomic E-state index is -1.18. The molecule has 1 saturated heterocycles. The second-order valence-electron chi connectivity index (χ2n) is 6.57. The van der Waals surface area contributed by atoms with E-state index in [1.165, 1.54) is 25.1 Å². The van der Waals surface area contributed by atoms with Crippen molar-refractivity contribution in [2.24, 2.45) is 0 Å². The highest BCUT2D eigenvalue weighted by molar-refractivity contribution is 14.1. The predicted octanol–water partition coefficient (Wildman–Crippen LogP) is 1.12. The molecule has 1 amide bonds. The third-order valence-corrected chi connectivity index (χ3v) is 6.97. The number of benzene rings is 1. The number of carbonyl (C=O) groups excluding carboxylic acids is 1. The van der Waals surface area contributed by atoms with Crippen LogP contribution in [0.2, 0.25) is 0 Å². The third kappa shape index (κ3) is 3.91. The van der Waals surface area contributed by atoms with E-state index in [1.807, 2.05) is 18.2 Å². The van der Waals surface area contributed by atoms with Gasteiger partial charge in [0.15, 0.2) is 11.5 Å². The maximum atomic E-state index is 12.0. The van der Waals surface area contributed by atoms with Gasteiger partial charge in [-0.1, -0.05) is 12.1 Å². The van der Waals surface area contributed by atoms with Crippen molar-refractivity contribution < 1.29 is 15.0 Å². The highest BCUT2D eigenvalue weighted by Crippen LogP contribution is 2.43. The lowest BCUT2D eigenvalue weighted by molar-refractivity contribution is -0.122. The Balaban J connectivity index is 1.60. The van der Waals surface area contributed by atoms with Crippen LogP contribution in [-0.4, -0.2) is 60.1 Å². The molecule has 1 aliphatic rings. The standard InChI is InChI=1S/C18H19IN6O3S/c1-20-17(28)14-12(26)13(27)18(29-14)25-8-24-11-15(22-7-23-16(11)25)21-6-9-3-2-4-10(19)5-9/h2-5,7-8,12-14,18,26-27H,6H2,1H3,(H,20,28)(H,21,22,23)/t12?,13?,14-,18+/m0/s1. The number of aliphatic hydroxyl groups excluding tert-OH is 2. The van der Waals surface area contributed by atoms with Gasteiger partial charge in [0.25, 0.3) is 0 Å². The van der Waals surface area contributed by atoms with Crippen LogP contribution in [0, 0.1) is 3.57 Å². The largest absolute Gasteiger partial charge is 0.389 e. The van der Waals surface area contributed by atoms with Crippen LogP contribution in [0.15, 0.2) is 36.9 Å². The summed E-state index contributed by atoms with van der Waals surface area (Å²) in [5.41, 5.74) is 2.19. The molecule has 0 spiro atoms. The Labute approximate surface area is 184 Å². The molecule has 2 aromatic heterocycles. The van der Waals surface area contributed by atoms with Gasteiger partial charge in [-0.2, -0.15) is 0 Å². The molecule has 0 saturated carbocycles. The summed E-state index contributed by atoms with van der Waals surface area (Å²) in [6.07, 6.45) is 0.673. The van der Waals surface area contributed by atoms with Crippen LogP contribution in [0.1, 0.15) is 10.9 Å². The summed E-state index contributed by atoms with van der Waals surface area (Å²) in [4.78, 5) is 25.0. The first-order chi connectivity index (χ1) is 14.0. The minimum absolute atomic E-state index is 0.331. The Morgan fingerprint density at radius 2 is 2.10 bits per heavy atom. The van der Waals surface area contributed by atoms with Gasteiger partial charge in [0.2, 0.25) is 5.91 Å². The lowest BCUT2D eigenvalue weighted by atomic mass is 10.1. The van der Waals surface area contributed by atoms with Crippen molar-refractivity contribution in [1.82, 2.24) is 24.8 Å². The molecule has 2 unspecified atom stereocenters. The molecule has 3 heterocycles. The molecule has 29 heavy (non-hydrogen) atoms. The number of halogens is 1. The highest BCUT2D eigenvalue weighted by atomic mass is 127. The molecule has 1 aliphatic heterocycles.